The molecule has 0 bridgehead atoms. The van der Waals surface area contributed by atoms with Crippen LogP contribution < -0.4 is 10.1 Å². The van der Waals surface area contributed by atoms with Gasteiger partial charge >= 0.3 is 0 Å². The highest BCUT2D eigenvalue weighted by atomic mass is 16.5. The van der Waals surface area contributed by atoms with Crippen molar-refractivity contribution in [3.8, 4) is 5.75 Å². The van der Waals surface area contributed by atoms with Gasteiger partial charge in [-0.2, -0.15) is 0 Å². The van der Waals surface area contributed by atoms with Gasteiger partial charge in [-0.05, 0) is 43.0 Å². The van der Waals surface area contributed by atoms with E-state index in [-0.39, 0.29) is 37.4 Å². The predicted octanol–water partition coefficient (Wildman–Crippen LogP) is 1.91. The van der Waals surface area contributed by atoms with E-state index in [1.165, 1.54) is 4.90 Å². The Morgan fingerprint density at radius 2 is 1.91 bits per heavy atom. The molecule has 2 aromatic rings. The van der Waals surface area contributed by atoms with E-state index in [9.17, 15) is 14.7 Å². The zero-order valence-electron chi connectivity index (χ0n) is 18.6. The Kier molecular flexibility index (Phi) is 7.74. The highest BCUT2D eigenvalue weighted by molar-refractivity contribution is 6.01. The number of aliphatic hydroxyl groups is 1. The lowest BCUT2D eigenvalue weighted by Crippen LogP contribution is -2.47. The lowest BCUT2D eigenvalue weighted by Gasteiger charge is -2.33. The normalized spacial score (nSPS) is 18.0. The number of aromatic nitrogens is 1. The van der Waals surface area contributed by atoms with Gasteiger partial charge in [-0.1, -0.05) is 12.1 Å². The molecule has 2 aliphatic rings. The van der Waals surface area contributed by atoms with Crippen LogP contribution in [0, 0.1) is 5.92 Å². The molecule has 1 aromatic carbocycles. The molecule has 2 amide bonds. The molecule has 33 heavy (non-hydrogen) atoms. The Balaban J connectivity index is 1.55. The molecule has 176 valence electrons. The van der Waals surface area contributed by atoms with Crippen LogP contribution >= 0.6 is 0 Å². The topological polar surface area (TPSA) is 104 Å². The van der Waals surface area contributed by atoms with E-state index in [4.69, 9.17) is 9.47 Å². The van der Waals surface area contributed by atoms with Crippen molar-refractivity contribution in [2.24, 2.45) is 5.92 Å². The number of carbonyl (C=O) groups is 2. The second kappa shape index (κ2) is 11.1. The molecule has 2 N–H and O–H groups in total. The highest BCUT2D eigenvalue weighted by Crippen LogP contribution is 2.28. The fourth-order valence-electron chi connectivity index (χ4n) is 4.04. The summed E-state index contributed by atoms with van der Waals surface area (Å²) >= 11 is 0. The Morgan fingerprint density at radius 1 is 1.09 bits per heavy atom. The molecule has 1 aromatic heterocycles. The molecule has 2 aliphatic heterocycles. The molecule has 9 nitrogen and oxygen atoms in total. The largest absolute Gasteiger partial charge is 0.489 e. The first-order valence-corrected chi connectivity index (χ1v) is 11.3. The number of para-hydroxylation sites is 2. The molecule has 0 atom stereocenters. The number of ether oxygens (including phenoxy) is 2. The molecule has 1 fully saturated rings. The lowest BCUT2D eigenvalue weighted by atomic mass is 9.98. The van der Waals surface area contributed by atoms with Crippen LogP contribution in [0.25, 0.3) is 0 Å². The molecule has 0 radical (unpaired) electrons. The van der Waals surface area contributed by atoms with Crippen molar-refractivity contribution in [3.63, 3.8) is 0 Å². The van der Waals surface area contributed by atoms with Crippen molar-refractivity contribution in [1.82, 2.24) is 14.8 Å². The Bertz CT molecular complexity index is 961. The van der Waals surface area contributed by atoms with Crippen LogP contribution in [0.4, 0.5) is 11.5 Å². The van der Waals surface area contributed by atoms with Gasteiger partial charge in [0.2, 0.25) is 5.91 Å². The van der Waals surface area contributed by atoms with E-state index < -0.39 is 0 Å². The zero-order chi connectivity index (χ0) is 23.0. The van der Waals surface area contributed by atoms with Crippen LogP contribution in [-0.2, 0) is 9.53 Å². The first-order chi connectivity index (χ1) is 16.2. The van der Waals surface area contributed by atoms with Crippen molar-refractivity contribution in [2.45, 2.75) is 12.8 Å². The van der Waals surface area contributed by atoms with E-state index in [0.29, 0.717) is 55.7 Å². The number of hydrogen-bond acceptors (Lipinski definition) is 7. The molecule has 0 unspecified atom stereocenters. The molecule has 4 rings (SSSR count). The number of benzene rings is 1. The molecule has 9 heteroatoms. The van der Waals surface area contributed by atoms with Gasteiger partial charge in [0.25, 0.3) is 5.91 Å². The number of likely N-dealkylation sites (tertiary alicyclic amines) is 1. The minimum absolute atomic E-state index is 0.0343. The van der Waals surface area contributed by atoms with Crippen molar-refractivity contribution < 1.29 is 24.2 Å². The molecular formula is C24H30N4O5. The fraction of sp³-hybridized carbons (Fsp3) is 0.458. The summed E-state index contributed by atoms with van der Waals surface area (Å²) in [4.78, 5) is 34.2. The van der Waals surface area contributed by atoms with Gasteiger partial charge in [-0.15, -0.1) is 0 Å². The fourth-order valence-corrected chi connectivity index (χ4v) is 4.04. The Labute approximate surface area is 193 Å². The average molecular weight is 455 g/mol. The maximum absolute atomic E-state index is 13.5. The van der Waals surface area contributed by atoms with Crippen LogP contribution in [0.15, 0.2) is 42.6 Å². The monoisotopic (exact) mass is 454 g/mol. The maximum Gasteiger partial charge on any atom is 0.258 e. The number of aliphatic hydroxyl groups excluding tert-OH is 1. The van der Waals surface area contributed by atoms with Crippen molar-refractivity contribution in [3.05, 3.63) is 48.2 Å². The number of rotatable bonds is 3. The van der Waals surface area contributed by atoms with Crippen LogP contribution in [0.2, 0.25) is 0 Å². The number of nitrogens with one attached hydrogen (secondary N) is 1. The van der Waals surface area contributed by atoms with E-state index in [1.54, 1.807) is 23.2 Å². The molecule has 3 heterocycles. The first kappa shape index (κ1) is 23.0. The molecule has 0 aliphatic carbocycles. The summed E-state index contributed by atoms with van der Waals surface area (Å²) in [5.74, 6) is 0.896. The van der Waals surface area contributed by atoms with E-state index in [2.05, 4.69) is 10.3 Å². The summed E-state index contributed by atoms with van der Waals surface area (Å²) in [5.41, 5.74) is 1.07. The summed E-state index contributed by atoms with van der Waals surface area (Å²) in [6, 6.07) is 10.9. The minimum atomic E-state index is -0.287. The van der Waals surface area contributed by atoms with Crippen molar-refractivity contribution in [1.29, 1.82) is 0 Å². The third-order valence-electron chi connectivity index (χ3n) is 6.01. The zero-order valence-corrected chi connectivity index (χ0v) is 18.6. The number of pyridine rings is 1. The van der Waals surface area contributed by atoms with Crippen LogP contribution in [0.5, 0.6) is 5.75 Å². The van der Waals surface area contributed by atoms with E-state index in [1.807, 2.05) is 24.3 Å². The van der Waals surface area contributed by atoms with Crippen LogP contribution in [-0.4, -0.2) is 84.3 Å². The number of amides is 2. The average Bonchev–Trinajstić information content (AvgIpc) is 2.86. The van der Waals surface area contributed by atoms with Gasteiger partial charge in [0, 0.05) is 32.4 Å². The summed E-state index contributed by atoms with van der Waals surface area (Å²) in [5, 5.41) is 12.6. The van der Waals surface area contributed by atoms with Gasteiger partial charge in [-0.3, -0.25) is 9.59 Å². The highest BCUT2D eigenvalue weighted by Gasteiger charge is 2.27. The van der Waals surface area contributed by atoms with Gasteiger partial charge in [-0.25, -0.2) is 4.98 Å². The summed E-state index contributed by atoms with van der Waals surface area (Å²) in [6.45, 7) is 2.59. The standard InChI is InChI=1S/C24H30N4O5/c29-17-18-7-10-27(11-8-18)22(30)16-28-12-13-32-14-15-33-21-6-2-1-5-20(21)26-23-19(24(28)31)4-3-9-25-23/h1-6,9,18,29H,7-8,10-17H2,(H,25,26). The summed E-state index contributed by atoms with van der Waals surface area (Å²) in [6.07, 6.45) is 3.16. The number of hydrogen-bond donors (Lipinski definition) is 2. The Morgan fingerprint density at radius 3 is 2.73 bits per heavy atom. The number of fused-ring (bicyclic) bond motifs is 2. The number of piperidine rings is 1. The number of nitrogens with zero attached hydrogens (tertiary/aromatic N) is 3. The van der Waals surface area contributed by atoms with Crippen LogP contribution in [0.1, 0.15) is 23.2 Å². The minimum Gasteiger partial charge on any atom is -0.489 e. The SMILES string of the molecule is O=C(CN1CCOCCOc2ccccc2Nc2ncccc2C1=O)N1CCC(CO)CC1. The van der Waals surface area contributed by atoms with Gasteiger partial charge in [0.15, 0.2) is 0 Å². The summed E-state index contributed by atoms with van der Waals surface area (Å²) in [7, 11) is 0. The second-order valence-electron chi connectivity index (χ2n) is 8.22. The quantitative estimate of drug-likeness (QED) is 0.730. The van der Waals surface area contributed by atoms with Crippen molar-refractivity contribution >= 4 is 23.3 Å². The van der Waals surface area contributed by atoms with E-state index in [0.717, 1.165) is 12.8 Å². The van der Waals surface area contributed by atoms with Gasteiger partial charge in [0.05, 0.1) is 24.5 Å². The smallest absolute Gasteiger partial charge is 0.258 e. The van der Waals surface area contributed by atoms with Crippen LogP contribution in [0.3, 0.4) is 0 Å². The third-order valence-corrected chi connectivity index (χ3v) is 6.01. The maximum atomic E-state index is 13.5. The summed E-state index contributed by atoms with van der Waals surface area (Å²) < 4.78 is 11.5. The molecule has 0 saturated carbocycles. The van der Waals surface area contributed by atoms with Gasteiger partial charge < -0.3 is 29.7 Å². The van der Waals surface area contributed by atoms with E-state index >= 15 is 0 Å². The molecular weight excluding hydrogens is 424 g/mol. The molecule has 0 spiro atoms. The number of anilines is 2. The first-order valence-electron chi connectivity index (χ1n) is 11.3. The van der Waals surface area contributed by atoms with Crippen molar-refractivity contribution in [2.75, 3.05) is 57.9 Å². The Hall–Kier alpha value is -3.17. The second-order valence-corrected chi connectivity index (χ2v) is 8.22. The predicted molar refractivity (Wildman–Crippen MR) is 123 cm³/mol. The number of carbonyl (C=O) groups excluding carboxylic acids is 2. The lowest BCUT2D eigenvalue weighted by molar-refractivity contribution is -0.133. The third kappa shape index (κ3) is 5.80. The molecule has 1 saturated heterocycles. The van der Waals surface area contributed by atoms with Gasteiger partial charge in [0.1, 0.15) is 24.7 Å².